The molecule has 0 saturated heterocycles. The summed E-state index contributed by atoms with van der Waals surface area (Å²) in [6, 6.07) is 7.28. The lowest BCUT2D eigenvalue weighted by atomic mass is 10.2. The summed E-state index contributed by atoms with van der Waals surface area (Å²) in [4.78, 5) is 21.5. The molecule has 152 valence electrons. The van der Waals surface area contributed by atoms with Crippen molar-refractivity contribution < 1.29 is 5.21 Å². The smallest absolute Gasteiger partial charge is 0.256 e. The minimum absolute atomic E-state index is 0.145. The molecule has 0 aliphatic rings. The van der Waals surface area contributed by atoms with Gasteiger partial charge in [-0.3, -0.25) is 15.2 Å². The molecule has 0 aliphatic carbocycles. The zero-order chi connectivity index (χ0) is 20.8. The summed E-state index contributed by atoms with van der Waals surface area (Å²) in [5.74, 6) is 0.795. The topological polar surface area (TPSA) is 112 Å². The molecule has 0 spiro atoms. The number of hydrogen-bond donors (Lipinski definition) is 3. The summed E-state index contributed by atoms with van der Waals surface area (Å²) in [6.07, 6.45) is 3.39. The minimum Gasteiger partial charge on any atom is -0.350 e. The third-order valence-corrected chi connectivity index (χ3v) is 4.20. The molecule has 0 atom stereocenters. The Hall–Kier alpha value is -3.04. The van der Waals surface area contributed by atoms with Crippen molar-refractivity contribution in [3.05, 3.63) is 58.6 Å². The first kappa shape index (κ1) is 20.7. The van der Waals surface area contributed by atoms with E-state index in [-0.39, 0.29) is 12.0 Å². The lowest BCUT2D eigenvalue weighted by molar-refractivity contribution is 0.222. The summed E-state index contributed by atoms with van der Waals surface area (Å²) in [6.45, 7) is 6.43. The van der Waals surface area contributed by atoms with Gasteiger partial charge in [-0.1, -0.05) is 23.7 Å². The number of aryl methyl sites for hydroxylation is 1. The molecular weight excluding hydrogens is 392 g/mol. The molecule has 0 amide bonds. The van der Waals surface area contributed by atoms with Crippen molar-refractivity contribution in [3.8, 4) is 0 Å². The van der Waals surface area contributed by atoms with Crippen molar-refractivity contribution >= 4 is 29.4 Å². The molecule has 9 nitrogen and oxygen atoms in total. The van der Waals surface area contributed by atoms with E-state index in [4.69, 9.17) is 11.6 Å². The highest BCUT2D eigenvalue weighted by Crippen LogP contribution is 2.16. The number of hydrogen-bond acceptors (Lipinski definition) is 9. The van der Waals surface area contributed by atoms with Crippen LogP contribution in [-0.2, 0) is 13.1 Å². The van der Waals surface area contributed by atoms with Crippen molar-refractivity contribution in [3.63, 3.8) is 0 Å². The summed E-state index contributed by atoms with van der Waals surface area (Å²) >= 11 is 5.92. The van der Waals surface area contributed by atoms with E-state index in [0.29, 0.717) is 30.0 Å². The lowest BCUT2D eigenvalue weighted by Gasteiger charge is -2.20. The van der Waals surface area contributed by atoms with Crippen LogP contribution in [0.15, 0.2) is 36.7 Å². The van der Waals surface area contributed by atoms with E-state index < -0.39 is 0 Å². The average Bonchev–Trinajstić information content (AvgIpc) is 2.72. The molecule has 10 heteroatoms. The minimum atomic E-state index is -0.197. The molecule has 3 N–H and O–H groups in total. The highest BCUT2D eigenvalue weighted by atomic mass is 35.5. The maximum absolute atomic E-state index is 10.3. The maximum Gasteiger partial charge on any atom is 0.256 e. The first-order valence-corrected chi connectivity index (χ1v) is 9.52. The van der Waals surface area contributed by atoms with Gasteiger partial charge in [0.05, 0.1) is 30.2 Å². The van der Waals surface area contributed by atoms with Gasteiger partial charge in [-0.05, 0) is 38.5 Å². The quantitative estimate of drug-likeness (QED) is 0.477. The number of anilines is 3. The Labute approximate surface area is 174 Å². The molecule has 0 bridgehead atoms. The van der Waals surface area contributed by atoms with Crippen LogP contribution < -0.4 is 15.7 Å². The monoisotopic (exact) mass is 414 g/mol. The molecule has 0 aliphatic heterocycles. The number of benzene rings is 1. The first-order chi connectivity index (χ1) is 13.9. The predicted molar refractivity (Wildman–Crippen MR) is 112 cm³/mol. The molecule has 0 unspecified atom stereocenters. The van der Waals surface area contributed by atoms with E-state index in [1.807, 2.05) is 45.0 Å². The second kappa shape index (κ2) is 9.44. The Morgan fingerprint density at radius 2 is 1.62 bits per heavy atom. The normalized spacial score (nSPS) is 10.8. The van der Waals surface area contributed by atoms with Crippen molar-refractivity contribution in [2.75, 3.05) is 15.7 Å². The standard InChI is InChI=1S/C19H23ClN8O/c1-12(2)28(29)19-26-17(23-9-14-4-6-15(20)7-5-14)25-18(27-19)24-11-16-10-21-13(3)8-22-16/h4-8,10,12,29H,9,11H2,1-3H3,(H2,23,24,25,26,27). The molecule has 29 heavy (non-hydrogen) atoms. The van der Waals surface area contributed by atoms with Crippen LogP contribution in [0.5, 0.6) is 0 Å². The number of aromatic nitrogens is 5. The fourth-order valence-corrected chi connectivity index (χ4v) is 2.45. The van der Waals surface area contributed by atoms with E-state index >= 15 is 0 Å². The molecule has 3 aromatic rings. The Bertz CT molecular complexity index is 866. The van der Waals surface area contributed by atoms with Gasteiger partial charge >= 0.3 is 0 Å². The second-order valence-corrected chi connectivity index (χ2v) is 7.14. The molecule has 0 radical (unpaired) electrons. The van der Waals surface area contributed by atoms with Gasteiger partial charge in [-0.2, -0.15) is 15.0 Å². The van der Waals surface area contributed by atoms with Crippen molar-refractivity contribution in [2.24, 2.45) is 0 Å². The summed E-state index contributed by atoms with van der Waals surface area (Å²) < 4.78 is 0. The molecule has 3 rings (SSSR count). The molecule has 0 fully saturated rings. The van der Waals surface area contributed by atoms with Crippen LogP contribution in [0.1, 0.15) is 30.8 Å². The van der Waals surface area contributed by atoms with Crippen LogP contribution in [0.25, 0.3) is 0 Å². The van der Waals surface area contributed by atoms with Gasteiger partial charge < -0.3 is 10.6 Å². The molecule has 2 heterocycles. The van der Waals surface area contributed by atoms with E-state index in [2.05, 4.69) is 35.6 Å². The van der Waals surface area contributed by atoms with E-state index in [0.717, 1.165) is 22.0 Å². The molecular formula is C19H23ClN8O. The van der Waals surface area contributed by atoms with Crippen molar-refractivity contribution in [1.29, 1.82) is 0 Å². The Morgan fingerprint density at radius 1 is 0.966 bits per heavy atom. The Kier molecular flexibility index (Phi) is 6.73. The van der Waals surface area contributed by atoms with Gasteiger partial charge in [0, 0.05) is 17.8 Å². The van der Waals surface area contributed by atoms with E-state index in [1.165, 1.54) is 0 Å². The summed E-state index contributed by atoms with van der Waals surface area (Å²) in [7, 11) is 0. The average molecular weight is 415 g/mol. The largest absolute Gasteiger partial charge is 0.350 e. The van der Waals surface area contributed by atoms with Crippen LogP contribution in [-0.4, -0.2) is 36.2 Å². The zero-order valence-electron chi connectivity index (χ0n) is 16.5. The lowest BCUT2D eigenvalue weighted by Crippen LogP contribution is -2.29. The fraction of sp³-hybridized carbons (Fsp3) is 0.316. The van der Waals surface area contributed by atoms with Gasteiger partial charge in [-0.15, -0.1) is 0 Å². The highest BCUT2D eigenvalue weighted by molar-refractivity contribution is 6.30. The van der Waals surface area contributed by atoms with Gasteiger partial charge in [0.2, 0.25) is 11.9 Å². The molecule has 2 aromatic heterocycles. The van der Waals surface area contributed by atoms with Crippen LogP contribution in [0.4, 0.5) is 17.8 Å². The molecule has 0 saturated carbocycles. The van der Waals surface area contributed by atoms with Crippen LogP contribution in [0.3, 0.4) is 0 Å². The third-order valence-electron chi connectivity index (χ3n) is 3.94. The van der Waals surface area contributed by atoms with Gasteiger partial charge in [-0.25, -0.2) is 5.06 Å². The van der Waals surface area contributed by atoms with Crippen molar-refractivity contribution in [1.82, 2.24) is 24.9 Å². The summed E-state index contributed by atoms with van der Waals surface area (Å²) in [5.41, 5.74) is 2.61. The number of rotatable bonds is 8. The van der Waals surface area contributed by atoms with Gasteiger partial charge in [0.25, 0.3) is 5.95 Å². The fourth-order valence-electron chi connectivity index (χ4n) is 2.32. The van der Waals surface area contributed by atoms with Crippen molar-refractivity contribution in [2.45, 2.75) is 39.9 Å². The first-order valence-electron chi connectivity index (χ1n) is 9.14. The summed E-state index contributed by atoms with van der Waals surface area (Å²) in [5, 5.41) is 18.2. The zero-order valence-corrected chi connectivity index (χ0v) is 17.2. The van der Waals surface area contributed by atoms with Gasteiger partial charge in [0.15, 0.2) is 0 Å². The number of nitrogens with one attached hydrogen (secondary N) is 2. The van der Waals surface area contributed by atoms with Crippen LogP contribution in [0.2, 0.25) is 5.02 Å². The number of halogens is 1. The molecule has 1 aromatic carbocycles. The Morgan fingerprint density at radius 3 is 2.21 bits per heavy atom. The Balaban J connectivity index is 1.76. The third kappa shape index (κ3) is 5.97. The van der Waals surface area contributed by atoms with Crippen LogP contribution in [0, 0.1) is 6.92 Å². The maximum atomic E-state index is 10.3. The number of hydroxylamine groups is 1. The van der Waals surface area contributed by atoms with E-state index in [9.17, 15) is 5.21 Å². The second-order valence-electron chi connectivity index (χ2n) is 6.70. The van der Waals surface area contributed by atoms with E-state index in [1.54, 1.807) is 12.4 Å². The predicted octanol–water partition coefficient (Wildman–Crippen LogP) is 3.45. The van der Waals surface area contributed by atoms with Crippen LogP contribution >= 0.6 is 11.6 Å². The number of nitrogens with zero attached hydrogens (tertiary/aromatic N) is 6. The SMILES string of the molecule is Cc1cnc(CNc2nc(NCc3ccc(Cl)cc3)nc(N(O)C(C)C)n2)cn1. The van der Waals surface area contributed by atoms with Gasteiger partial charge in [0.1, 0.15) is 0 Å². The highest BCUT2D eigenvalue weighted by Gasteiger charge is 2.15.